The molecule has 0 aliphatic rings. The van der Waals surface area contributed by atoms with E-state index in [4.69, 9.17) is 0 Å². The van der Waals surface area contributed by atoms with E-state index in [-0.39, 0.29) is 10.6 Å². The minimum absolute atomic E-state index is 0.236. The molecule has 0 heterocycles. The van der Waals surface area contributed by atoms with Gasteiger partial charge < -0.3 is 4.90 Å². The third-order valence-electron chi connectivity index (χ3n) is 1.17. The predicted molar refractivity (Wildman–Crippen MR) is 46.4 cm³/mol. The quantitative estimate of drug-likeness (QED) is 0.431. The molecule has 12 heavy (non-hydrogen) atoms. The van der Waals surface area contributed by atoms with Crippen molar-refractivity contribution in [3.63, 3.8) is 0 Å². The molecular formula is C7H16N3O2+. The first-order chi connectivity index (χ1) is 5.43. The van der Waals surface area contributed by atoms with Gasteiger partial charge in [-0.3, -0.25) is 15.0 Å². The number of nitro groups is 1. The molecule has 5 nitrogen and oxygen atoms in total. The first-order valence-corrected chi connectivity index (χ1v) is 3.73. The van der Waals surface area contributed by atoms with E-state index in [0.717, 1.165) is 4.90 Å². The zero-order chi connectivity index (χ0) is 9.72. The van der Waals surface area contributed by atoms with Crippen molar-refractivity contribution in [3.05, 3.63) is 22.0 Å². The summed E-state index contributed by atoms with van der Waals surface area (Å²) >= 11 is 0. The van der Waals surface area contributed by atoms with Crippen molar-refractivity contribution in [1.82, 2.24) is 4.90 Å². The zero-order valence-electron chi connectivity index (χ0n) is 8.00. The summed E-state index contributed by atoms with van der Waals surface area (Å²) in [5.41, 5.74) is 0.236. The standard InChI is InChI=1S/C7H15N3O2/c1-8(2)5-7(10(11)12)6-9(3)4/h5H,6H2,1-4H3/p+1/b7-5-. The zero-order valence-corrected chi connectivity index (χ0v) is 8.00. The summed E-state index contributed by atoms with van der Waals surface area (Å²) < 4.78 is 0. The van der Waals surface area contributed by atoms with Crippen molar-refractivity contribution in [2.45, 2.75) is 0 Å². The van der Waals surface area contributed by atoms with Crippen LogP contribution < -0.4 is 4.90 Å². The van der Waals surface area contributed by atoms with Crippen LogP contribution in [0, 0.1) is 10.1 Å². The van der Waals surface area contributed by atoms with Crippen molar-refractivity contribution in [3.8, 4) is 0 Å². The molecule has 0 saturated heterocycles. The summed E-state index contributed by atoms with van der Waals surface area (Å²) in [6, 6.07) is 0. The second-order valence-corrected chi connectivity index (χ2v) is 3.21. The van der Waals surface area contributed by atoms with Crippen LogP contribution in [0.4, 0.5) is 0 Å². The molecule has 70 valence electrons. The highest BCUT2D eigenvalue weighted by atomic mass is 16.6. The van der Waals surface area contributed by atoms with Crippen LogP contribution >= 0.6 is 0 Å². The monoisotopic (exact) mass is 174 g/mol. The van der Waals surface area contributed by atoms with E-state index in [1.54, 1.807) is 11.1 Å². The summed E-state index contributed by atoms with van der Waals surface area (Å²) in [4.78, 5) is 12.9. The Morgan fingerprint density at radius 2 is 2.08 bits per heavy atom. The molecule has 1 N–H and O–H groups in total. The van der Waals surface area contributed by atoms with Crippen molar-refractivity contribution >= 4 is 0 Å². The number of hydrogen-bond acceptors (Lipinski definition) is 3. The second-order valence-electron chi connectivity index (χ2n) is 3.21. The minimum Gasteiger partial charge on any atom is -0.308 e. The van der Waals surface area contributed by atoms with Crippen LogP contribution in [0.1, 0.15) is 0 Å². The average Bonchev–Trinajstić information content (AvgIpc) is 1.83. The Morgan fingerprint density at radius 3 is 2.33 bits per heavy atom. The van der Waals surface area contributed by atoms with E-state index in [9.17, 15) is 10.1 Å². The summed E-state index contributed by atoms with van der Waals surface area (Å²) in [5, 5.41) is 10.5. The van der Waals surface area contributed by atoms with E-state index in [1.165, 1.54) is 0 Å². The van der Waals surface area contributed by atoms with Gasteiger partial charge in [0.15, 0.2) is 6.20 Å². The van der Waals surface area contributed by atoms with Crippen molar-refractivity contribution in [2.75, 3.05) is 34.7 Å². The lowest BCUT2D eigenvalue weighted by Crippen LogP contribution is -3.00. The maximum Gasteiger partial charge on any atom is 0.312 e. The van der Waals surface area contributed by atoms with E-state index in [2.05, 4.69) is 0 Å². The maximum atomic E-state index is 10.5. The SMILES string of the molecule is CN(C)C/C(=C/[NH+](C)C)[N+](=O)[O-]. The highest BCUT2D eigenvalue weighted by molar-refractivity contribution is 4.87. The fourth-order valence-corrected chi connectivity index (χ4v) is 0.813. The van der Waals surface area contributed by atoms with E-state index >= 15 is 0 Å². The average molecular weight is 174 g/mol. The van der Waals surface area contributed by atoms with E-state index < -0.39 is 0 Å². The molecular weight excluding hydrogens is 158 g/mol. The Kier molecular flexibility index (Phi) is 4.46. The number of likely N-dealkylation sites (N-methyl/N-ethyl adjacent to an activating group) is 1. The van der Waals surface area contributed by atoms with E-state index in [0.29, 0.717) is 6.54 Å². The number of nitrogens with zero attached hydrogens (tertiary/aromatic N) is 2. The van der Waals surface area contributed by atoms with Gasteiger partial charge in [-0.15, -0.1) is 0 Å². The number of quaternary nitrogens is 1. The third-order valence-corrected chi connectivity index (χ3v) is 1.17. The van der Waals surface area contributed by atoms with Gasteiger partial charge in [0.1, 0.15) is 0 Å². The van der Waals surface area contributed by atoms with Gasteiger partial charge in [0.25, 0.3) is 0 Å². The molecule has 0 bridgehead atoms. The lowest BCUT2D eigenvalue weighted by atomic mass is 10.4. The molecule has 0 aliphatic carbocycles. The van der Waals surface area contributed by atoms with Gasteiger partial charge in [0.2, 0.25) is 0 Å². The number of rotatable bonds is 4. The molecule has 0 atom stereocenters. The molecule has 0 rings (SSSR count). The molecule has 0 saturated carbocycles. The molecule has 0 radical (unpaired) electrons. The van der Waals surface area contributed by atoms with Crippen LogP contribution in [-0.4, -0.2) is 44.6 Å². The molecule has 0 aliphatic heterocycles. The Labute approximate surface area is 72.4 Å². The van der Waals surface area contributed by atoms with Gasteiger partial charge in [-0.1, -0.05) is 0 Å². The topological polar surface area (TPSA) is 50.8 Å². The Hall–Kier alpha value is -0.940. The smallest absolute Gasteiger partial charge is 0.308 e. The fraction of sp³-hybridized carbons (Fsp3) is 0.714. The van der Waals surface area contributed by atoms with Crippen LogP contribution in [-0.2, 0) is 0 Å². The Bertz CT molecular complexity index is 187. The Morgan fingerprint density at radius 1 is 1.58 bits per heavy atom. The van der Waals surface area contributed by atoms with E-state index in [1.807, 2.05) is 28.2 Å². The fourth-order valence-electron chi connectivity index (χ4n) is 0.813. The first kappa shape index (κ1) is 11.1. The van der Waals surface area contributed by atoms with Crippen LogP contribution in [0.25, 0.3) is 0 Å². The van der Waals surface area contributed by atoms with Crippen LogP contribution in [0.15, 0.2) is 11.9 Å². The highest BCUT2D eigenvalue weighted by Crippen LogP contribution is 1.93. The molecule has 0 aromatic heterocycles. The lowest BCUT2D eigenvalue weighted by Gasteiger charge is -2.06. The largest absolute Gasteiger partial charge is 0.312 e. The molecule has 0 amide bonds. The number of hydrogen-bond donors (Lipinski definition) is 1. The van der Waals surface area contributed by atoms with Gasteiger partial charge in [-0.25, -0.2) is 0 Å². The minimum atomic E-state index is -0.340. The lowest BCUT2D eigenvalue weighted by molar-refractivity contribution is -0.804. The maximum absolute atomic E-state index is 10.5. The molecule has 0 fully saturated rings. The molecule has 0 unspecified atom stereocenters. The molecule has 0 aromatic rings. The summed E-state index contributed by atoms with van der Waals surface area (Å²) in [6.45, 7) is 0.373. The Balaban J connectivity index is 4.34. The highest BCUT2D eigenvalue weighted by Gasteiger charge is 2.14. The van der Waals surface area contributed by atoms with Gasteiger partial charge >= 0.3 is 5.70 Å². The summed E-state index contributed by atoms with van der Waals surface area (Å²) in [7, 11) is 7.31. The van der Waals surface area contributed by atoms with Gasteiger partial charge in [-0.05, 0) is 14.1 Å². The summed E-state index contributed by atoms with van der Waals surface area (Å²) in [5.74, 6) is 0. The second kappa shape index (κ2) is 4.84. The first-order valence-electron chi connectivity index (χ1n) is 3.73. The molecule has 5 heteroatoms. The van der Waals surface area contributed by atoms with Crippen molar-refractivity contribution < 1.29 is 9.82 Å². The van der Waals surface area contributed by atoms with Crippen LogP contribution in [0.2, 0.25) is 0 Å². The molecule has 0 spiro atoms. The van der Waals surface area contributed by atoms with Crippen molar-refractivity contribution in [2.24, 2.45) is 0 Å². The number of nitrogens with one attached hydrogen (secondary N) is 1. The van der Waals surface area contributed by atoms with Crippen LogP contribution in [0.3, 0.4) is 0 Å². The third kappa shape index (κ3) is 4.81. The van der Waals surface area contributed by atoms with Crippen molar-refractivity contribution in [1.29, 1.82) is 0 Å². The van der Waals surface area contributed by atoms with Gasteiger partial charge in [0.05, 0.1) is 25.6 Å². The normalized spacial score (nSPS) is 12.7. The predicted octanol–water partition coefficient (Wildman–Crippen LogP) is -1.19. The van der Waals surface area contributed by atoms with Crippen LogP contribution in [0.5, 0.6) is 0 Å². The molecule has 0 aromatic carbocycles. The van der Waals surface area contributed by atoms with Gasteiger partial charge in [-0.2, -0.15) is 0 Å². The van der Waals surface area contributed by atoms with Gasteiger partial charge in [0, 0.05) is 0 Å². The summed E-state index contributed by atoms with van der Waals surface area (Å²) in [6.07, 6.45) is 1.60.